The van der Waals surface area contributed by atoms with Crippen molar-refractivity contribution in [3.63, 3.8) is 0 Å². The number of rotatable bonds is 7. The van der Waals surface area contributed by atoms with Crippen LogP contribution in [-0.2, 0) is 16.1 Å². The summed E-state index contributed by atoms with van der Waals surface area (Å²) in [6, 6.07) is 6.49. The van der Waals surface area contributed by atoms with Crippen LogP contribution in [0.1, 0.15) is 16.1 Å². The van der Waals surface area contributed by atoms with Gasteiger partial charge in [-0.1, -0.05) is 11.6 Å². The summed E-state index contributed by atoms with van der Waals surface area (Å²) in [5, 5.41) is 3.24. The maximum Gasteiger partial charge on any atom is 0.341 e. The highest BCUT2D eigenvalue weighted by Crippen LogP contribution is 2.27. The van der Waals surface area contributed by atoms with Crippen molar-refractivity contribution >= 4 is 29.2 Å². The fourth-order valence-corrected chi connectivity index (χ4v) is 2.44. The molecule has 8 heteroatoms. The van der Waals surface area contributed by atoms with E-state index in [1.54, 1.807) is 30.1 Å². The summed E-state index contributed by atoms with van der Waals surface area (Å²) >= 11 is 5.95. The number of anilines is 1. The van der Waals surface area contributed by atoms with E-state index in [0.717, 1.165) is 0 Å². The highest BCUT2D eigenvalue weighted by atomic mass is 35.5. The Morgan fingerprint density at radius 3 is 2.72 bits per heavy atom. The summed E-state index contributed by atoms with van der Waals surface area (Å²) in [6.45, 7) is 0.356. The molecule has 0 saturated carbocycles. The number of hydrogen-bond donors (Lipinski definition) is 1. The molecule has 134 valence electrons. The molecule has 0 fully saturated rings. The molecule has 1 aromatic heterocycles. The van der Waals surface area contributed by atoms with Gasteiger partial charge in [0.25, 0.3) is 0 Å². The predicted molar refractivity (Wildman–Crippen MR) is 93.0 cm³/mol. The maximum absolute atomic E-state index is 12.2. The van der Waals surface area contributed by atoms with Crippen LogP contribution in [0.25, 0.3) is 0 Å². The Morgan fingerprint density at radius 2 is 2.04 bits per heavy atom. The number of carbonyl (C=O) groups excluding carboxylic acids is 2. The van der Waals surface area contributed by atoms with Crippen LogP contribution in [0.15, 0.2) is 34.9 Å². The minimum Gasteiger partial charge on any atom is -0.495 e. The van der Waals surface area contributed by atoms with Crippen LogP contribution in [0.2, 0.25) is 5.02 Å². The molecular weight excluding hydrogens is 348 g/mol. The van der Waals surface area contributed by atoms with Gasteiger partial charge in [-0.25, -0.2) is 4.79 Å². The van der Waals surface area contributed by atoms with Crippen molar-refractivity contribution in [2.24, 2.45) is 0 Å². The van der Waals surface area contributed by atoms with Gasteiger partial charge in [0.1, 0.15) is 17.1 Å². The first-order chi connectivity index (χ1) is 11.9. The van der Waals surface area contributed by atoms with Crippen molar-refractivity contribution in [3.8, 4) is 5.75 Å². The zero-order valence-electron chi connectivity index (χ0n) is 14.2. The van der Waals surface area contributed by atoms with Crippen LogP contribution >= 0.6 is 11.6 Å². The number of carbonyl (C=O) groups is 2. The summed E-state index contributed by atoms with van der Waals surface area (Å²) in [4.78, 5) is 25.6. The van der Waals surface area contributed by atoms with Gasteiger partial charge in [0, 0.05) is 5.02 Å². The number of ether oxygens (including phenoxy) is 2. The topological polar surface area (TPSA) is 81.0 Å². The monoisotopic (exact) mass is 366 g/mol. The molecule has 1 aromatic carbocycles. The Labute approximate surface area is 150 Å². The number of hydrogen-bond acceptors (Lipinski definition) is 6. The smallest absolute Gasteiger partial charge is 0.341 e. The number of nitrogens with zero attached hydrogens (tertiary/aromatic N) is 1. The summed E-state index contributed by atoms with van der Waals surface area (Å²) < 4.78 is 15.2. The number of amides is 1. The first kappa shape index (κ1) is 18.8. The molecule has 0 aliphatic heterocycles. The molecule has 0 radical (unpaired) electrons. The van der Waals surface area contributed by atoms with Crippen molar-refractivity contribution < 1.29 is 23.5 Å². The lowest BCUT2D eigenvalue weighted by atomic mass is 10.2. The van der Waals surface area contributed by atoms with Crippen molar-refractivity contribution in [1.82, 2.24) is 4.90 Å². The fraction of sp³-hybridized carbons (Fsp3) is 0.294. The highest BCUT2D eigenvalue weighted by Gasteiger charge is 2.18. The molecule has 2 aromatic rings. The zero-order chi connectivity index (χ0) is 18.4. The minimum atomic E-state index is -0.481. The second kappa shape index (κ2) is 8.55. The Hall–Kier alpha value is -2.51. The number of furan rings is 1. The van der Waals surface area contributed by atoms with Gasteiger partial charge in [0.2, 0.25) is 5.91 Å². The van der Waals surface area contributed by atoms with E-state index in [-0.39, 0.29) is 19.0 Å². The second-order valence-electron chi connectivity index (χ2n) is 5.31. The van der Waals surface area contributed by atoms with E-state index in [9.17, 15) is 9.59 Å². The van der Waals surface area contributed by atoms with Crippen molar-refractivity contribution in [2.45, 2.75) is 6.54 Å². The van der Waals surface area contributed by atoms with Gasteiger partial charge in [-0.3, -0.25) is 9.69 Å². The van der Waals surface area contributed by atoms with Gasteiger partial charge in [-0.2, -0.15) is 0 Å². The van der Waals surface area contributed by atoms with Crippen molar-refractivity contribution in [1.29, 1.82) is 0 Å². The van der Waals surface area contributed by atoms with Crippen molar-refractivity contribution in [2.75, 3.05) is 33.1 Å². The van der Waals surface area contributed by atoms with Crippen LogP contribution in [0, 0.1) is 0 Å². The Kier molecular flexibility index (Phi) is 6.44. The molecule has 1 N–H and O–H groups in total. The van der Waals surface area contributed by atoms with E-state index in [0.29, 0.717) is 27.8 Å². The predicted octanol–water partition coefficient (Wildman–Crippen LogP) is 2.80. The van der Waals surface area contributed by atoms with Gasteiger partial charge in [0.05, 0.1) is 39.3 Å². The second-order valence-corrected chi connectivity index (χ2v) is 5.75. The van der Waals surface area contributed by atoms with Gasteiger partial charge < -0.3 is 19.2 Å². The van der Waals surface area contributed by atoms with Crippen LogP contribution in [0.3, 0.4) is 0 Å². The average molecular weight is 367 g/mol. The molecule has 0 atom stereocenters. The van der Waals surface area contributed by atoms with E-state index in [4.69, 9.17) is 25.5 Å². The average Bonchev–Trinajstić information content (AvgIpc) is 3.02. The van der Waals surface area contributed by atoms with E-state index >= 15 is 0 Å². The molecule has 0 aliphatic rings. The lowest BCUT2D eigenvalue weighted by Gasteiger charge is -2.16. The number of nitrogens with one attached hydrogen (secondary N) is 1. The van der Waals surface area contributed by atoms with E-state index in [1.807, 2.05) is 0 Å². The maximum atomic E-state index is 12.2. The van der Waals surface area contributed by atoms with Crippen molar-refractivity contribution in [3.05, 3.63) is 46.9 Å². The van der Waals surface area contributed by atoms with Crippen LogP contribution < -0.4 is 10.1 Å². The zero-order valence-corrected chi connectivity index (χ0v) is 14.9. The Balaban J connectivity index is 1.98. The third kappa shape index (κ3) is 4.98. The molecule has 0 spiro atoms. The lowest BCUT2D eigenvalue weighted by Crippen LogP contribution is -2.30. The number of methoxy groups -OCH3 is 2. The van der Waals surface area contributed by atoms with Gasteiger partial charge in [0.15, 0.2) is 0 Å². The fourth-order valence-electron chi connectivity index (χ4n) is 2.27. The lowest BCUT2D eigenvalue weighted by molar-refractivity contribution is -0.117. The third-order valence-electron chi connectivity index (χ3n) is 3.41. The summed E-state index contributed by atoms with van der Waals surface area (Å²) in [5.74, 6) is 0.210. The van der Waals surface area contributed by atoms with Gasteiger partial charge in [-0.15, -0.1) is 0 Å². The van der Waals surface area contributed by atoms with Crippen LogP contribution in [0.4, 0.5) is 5.69 Å². The minimum absolute atomic E-state index is 0.0803. The normalized spacial score (nSPS) is 10.6. The molecule has 0 aliphatic carbocycles. The number of benzene rings is 1. The van der Waals surface area contributed by atoms with Crippen LogP contribution in [-0.4, -0.2) is 44.6 Å². The number of halogens is 1. The number of esters is 1. The SMILES string of the molecule is COC(=O)c1ccoc1CN(C)CC(=O)Nc1cc(Cl)ccc1OC. The summed E-state index contributed by atoms with van der Waals surface area (Å²) in [5.41, 5.74) is 0.827. The molecule has 2 rings (SSSR count). The molecule has 0 unspecified atom stereocenters. The first-order valence-corrected chi connectivity index (χ1v) is 7.79. The molecule has 7 nitrogen and oxygen atoms in total. The molecule has 25 heavy (non-hydrogen) atoms. The van der Waals surface area contributed by atoms with Crippen LogP contribution in [0.5, 0.6) is 5.75 Å². The Morgan fingerprint density at radius 1 is 1.28 bits per heavy atom. The quantitative estimate of drug-likeness (QED) is 0.759. The van der Waals surface area contributed by atoms with Gasteiger partial charge >= 0.3 is 5.97 Å². The molecule has 1 heterocycles. The van der Waals surface area contributed by atoms with E-state index < -0.39 is 5.97 Å². The summed E-state index contributed by atoms with van der Waals surface area (Å²) in [6.07, 6.45) is 1.41. The Bertz CT molecular complexity index is 759. The summed E-state index contributed by atoms with van der Waals surface area (Å²) in [7, 11) is 4.54. The largest absolute Gasteiger partial charge is 0.495 e. The molecule has 0 saturated heterocycles. The van der Waals surface area contributed by atoms with Gasteiger partial charge in [-0.05, 0) is 31.3 Å². The first-order valence-electron chi connectivity index (χ1n) is 7.41. The number of likely N-dealkylation sites (N-methyl/N-ethyl adjacent to an activating group) is 1. The van der Waals surface area contributed by atoms with E-state index in [1.165, 1.54) is 26.5 Å². The molecule has 0 bridgehead atoms. The molecular formula is C17H19ClN2O5. The highest BCUT2D eigenvalue weighted by molar-refractivity contribution is 6.31. The standard InChI is InChI=1S/C17H19ClN2O5/c1-20(9-15-12(6-7-25-15)17(22)24-3)10-16(21)19-13-8-11(18)4-5-14(13)23-2/h4-8H,9-10H2,1-3H3,(H,19,21). The molecule has 1 amide bonds. The third-order valence-corrected chi connectivity index (χ3v) is 3.65. The van der Waals surface area contributed by atoms with E-state index in [2.05, 4.69) is 5.32 Å².